The molecule has 0 heterocycles. The van der Waals surface area contributed by atoms with Gasteiger partial charge in [0, 0.05) is 12.0 Å². The molecule has 0 aliphatic heterocycles. The van der Waals surface area contributed by atoms with Gasteiger partial charge in [-0.25, -0.2) is 0 Å². The van der Waals surface area contributed by atoms with Crippen LogP contribution in [-0.2, 0) is 6.42 Å². The molecular weight excluding hydrogens is 196 g/mol. The third-order valence-corrected chi connectivity index (χ3v) is 2.65. The Morgan fingerprint density at radius 3 is 2.38 bits per heavy atom. The van der Waals surface area contributed by atoms with Gasteiger partial charge in [0.2, 0.25) is 0 Å². The summed E-state index contributed by atoms with van der Waals surface area (Å²) in [5.41, 5.74) is 7.20. The normalized spacial score (nSPS) is 14.1. The van der Waals surface area contributed by atoms with Crippen molar-refractivity contribution < 1.29 is 0 Å². The second-order valence-electron chi connectivity index (χ2n) is 4.58. The molecule has 0 aliphatic carbocycles. The van der Waals surface area contributed by atoms with Gasteiger partial charge in [-0.1, -0.05) is 44.2 Å². The molecule has 0 aromatic heterocycles. The van der Waals surface area contributed by atoms with E-state index in [1.165, 1.54) is 5.56 Å². The van der Waals surface area contributed by atoms with Crippen LogP contribution >= 0.6 is 0 Å². The fourth-order valence-corrected chi connectivity index (χ4v) is 1.49. The maximum absolute atomic E-state index is 5.84. The van der Waals surface area contributed by atoms with Gasteiger partial charge < -0.3 is 5.73 Å². The number of benzene rings is 1. The molecule has 16 heavy (non-hydrogen) atoms. The number of aliphatic imine (C=N–C) groups is 1. The predicted octanol–water partition coefficient (Wildman–Crippen LogP) is 3.02. The molecule has 1 rings (SSSR count). The summed E-state index contributed by atoms with van der Waals surface area (Å²) in [7, 11) is 0. The van der Waals surface area contributed by atoms with Crippen molar-refractivity contribution in [1.29, 1.82) is 0 Å². The van der Waals surface area contributed by atoms with Crippen LogP contribution in [0.1, 0.15) is 32.8 Å². The van der Waals surface area contributed by atoms with Crippen molar-refractivity contribution in [1.82, 2.24) is 0 Å². The lowest BCUT2D eigenvalue weighted by Gasteiger charge is -2.10. The van der Waals surface area contributed by atoms with Gasteiger partial charge in [-0.15, -0.1) is 0 Å². The van der Waals surface area contributed by atoms with E-state index in [0.717, 1.165) is 18.7 Å². The van der Waals surface area contributed by atoms with Crippen molar-refractivity contribution in [3.05, 3.63) is 35.9 Å². The highest BCUT2D eigenvalue weighted by atomic mass is 14.9. The molecule has 2 nitrogen and oxygen atoms in total. The van der Waals surface area contributed by atoms with Crippen molar-refractivity contribution in [2.75, 3.05) is 0 Å². The first-order valence-corrected chi connectivity index (χ1v) is 5.96. The van der Waals surface area contributed by atoms with Crippen LogP contribution < -0.4 is 5.73 Å². The van der Waals surface area contributed by atoms with Crippen LogP contribution in [0.4, 0.5) is 0 Å². The first-order valence-electron chi connectivity index (χ1n) is 5.96. The summed E-state index contributed by atoms with van der Waals surface area (Å²) in [4.78, 5) is 4.49. The Labute approximate surface area is 98.6 Å². The highest BCUT2D eigenvalue weighted by Crippen LogP contribution is 2.07. The van der Waals surface area contributed by atoms with Crippen LogP contribution in [0.15, 0.2) is 35.3 Å². The van der Waals surface area contributed by atoms with E-state index in [-0.39, 0.29) is 0 Å². The van der Waals surface area contributed by atoms with Gasteiger partial charge in [0.15, 0.2) is 0 Å². The monoisotopic (exact) mass is 218 g/mol. The lowest BCUT2D eigenvalue weighted by Crippen LogP contribution is -2.21. The molecule has 88 valence electrons. The van der Waals surface area contributed by atoms with E-state index in [2.05, 4.69) is 50.0 Å². The maximum Gasteiger partial charge on any atom is 0.0966 e. The highest BCUT2D eigenvalue weighted by Gasteiger charge is 2.04. The van der Waals surface area contributed by atoms with Crippen molar-refractivity contribution in [3.8, 4) is 0 Å². The molecule has 2 N–H and O–H groups in total. The summed E-state index contributed by atoms with van der Waals surface area (Å²) in [6.07, 6.45) is 2.12. The van der Waals surface area contributed by atoms with Gasteiger partial charge in [0.25, 0.3) is 0 Å². The number of rotatable bonds is 5. The minimum Gasteiger partial charge on any atom is -0.387 e. The van der Waals surface area contributed by atoms with Crippen molar-refractivity contribution >= 4 is 5.84 Å². The van der Waals surface area contributed by atoms with E-state index in [4.69, 9.17) is 5.73 Å². The van der Waals surface area contributed by atoms with Gasteiger partial charge in [0.1, 0.15) is 0 Å². The molecule has 0 aliphatic rings. The minimum absolute atomic E-state index is 0.308. The van der Waals surface area contributed by atoms with E-state index in [1.807, 2.05) is 6.07 Å². The quantitative estimate of drug-likeness (QED) is 0.599. The first-order chi connectivity index (χ1) is 7.59. The Morgan fingerprint density at radius 1 is 1.19 bits per heavy atom. The molecule has 0 saturated carbocycles. The van der Waals surface area contributed by atoms with Crippen molar-refractivity contribution in [2.45, 2.75) is 39.7 Å². The predicted molar refractivity (Wildman–Crippen MR) is 70.7 cm³/mol. The standard InChI is InChI=1S/C14H22N2/c1-11(2)14(15)16-12(3)9-10-13-7-5-4-6-8-13/h4-8,11-12H,9-10H2,1-3H3,(H2,15,16). The van der Waals surface area contributed by atoms with Gasteiger partial charge in [-0.2, -0.15) is 0 Å². The molecular formula is C14H22N2. The highest BCUT2D eigenvalue weighted by molar-refractivity contribution is 5.82. The third kappa shape index (κ3) is 4.47. The van der Waals surface area contributed by atoms with Gasteiger partial charge in [-0.05, 0) is 25.3 Å². The zero-order valence-corrected chi connectivity index (χ0v) is 10.5. The summed E-state index contributed by atoms with van der Waals surface area (Å²) >= 11 is 0. The minimum atomic E-state index is 0.308. The first kappa shape index (κ1) is 12.8. The number of nitrogens with two attached hydrogens (primary N) is 1. The summed E-state index contributed by atoms with van der Waals surface area (Å²) in [5, 5.41) is 0. The lowest BCUT2D eigenvalue weighted by molar-refractivity contribution is 0.659. The molecule has 1 atom stereocenters. The molecule has 1 unspecified atom stereocenters. The zero-order valence-electron chi connectivity index (χ0n) is 10.5. The number of aryl methyl sites for hydroxylation is 1. The van der Waals surface area contributed by atoms with Crippen LogP contribution in [-0.4, -0.2) is 11.9 Å². The number of hydrogen-bond acceptors (Lipinski definition) is 1. The van der Waals surface area contributed by atoms with E-state index in [1.54, 1.807) is 0 Å². The average molecular weight is 218 g/mol. The topological polar surface area (TPSA) is 38.4 Å². The molecule has 1 aromatic carbocycles. The van der Waals surface area contributed by atoms with Gasteiger partial charge in [-0.3, -0.25) is 4.99 Å². The molecule has 0 bridgehead atoms. The lowest BCUT2D eigenvalue weighted by atomic mass is 10.1. The SMILES string of the molecule is CC(CCc1ccccc1)N=C(N)C(C)C. The fourth-order valence-electron chi connectivity index (χ4n) is 1.49. The summed E-state index contributed by atoms with van der Waals surface area (Å²) in [6.45, 7) is 6.27. The Hall–Kier alpha value is -1.31. The van der Waals surface area contributed by atoms with Crippen LogP contribution in [0, 0.1) is 5.92 Å². The Morgan fingerprint density at radius 2 is 1.81 bits per heavy atom. The van der Waals surface area contributed by atoms with E-state index < -0.39 is 0 Å². The smallest absolute Gasteiger partial charge is 0.0966 e. The molecule has 1 aromatic rings. The number of hydrogen-bond donors (Lipinski definition) is 1. The Bertz CT molecular complexity index is 328. The van der Waals surface area contributed by atoms with Gasteiger partial charge in [0.05, 0.1) is 5.84 Å². The van der Waals surface area contributed by atoms with Crippen LogP contribution in [0.25, 0.3) is 0 Å². The maximum atomic E-state index is 5.84. The Kier molecular flexibility index (Phi) is 5.03. The molecule has 0 radical (unpaired) electrons. The third-order valence-electron chi connectivity index (χ3n) is 2.65. The summed E-state index contributed by atoms with van der Waals surface area (Å²) in [5.74, 6) is 1.11. The number of nitrogens with zero attached hydrogens (tertiary/aromatic N) is 1. The largest absolute Gasteiger partial charge is 0.387 e. The van der Waals surface area contributed by atoms with E-state index in [9.17, 15) is 0 Å². The summed E-state index contributed by atoms with van der Waals surface area (Å²) < 4.78 is 0. The molecule has 0 saturated heterocycles. The van der Waals surface area contributed by atoms with Crippen LogP contribution in [0.5, 0.6) is 0 Å². The summed E-state index contributed by atoms with van der Waals surface area (Å²) in [6, 6.07) is 10.8. The molecule has 2 heteroatoms. The van der Waals surface area contributed by atoms with Crippen molar-refractivity contribution in [3.63, 3.8) is 0 Å². The van der Waals surface area contributed by atoms with Gasteiger partial charge >= 0.3 is 0 Å². The van der Waals surface area contributed by atoms with Crippen LogP contribution in [0.2, 0.25) is 0 Å². The average Bonchev–Trinajstić information content (AvgIpc) is 2.27. The molecule has 0 spiro atoms. The Balaban J connectivity index is 2.42. The zero-order chi connectivity index (χ0) is 12.0. The van der Waals surface area contributed by atoms with Crippen molar-refractivity contribution in [2.24, 2.45) is 16.6 Å². The molecule has 0 fully saturated rings. The van der Waals surface area contributed by atoms with Crippen LogP contribution in [0.3, 0.4) is 0 Å². The number of amidine groups is 1. The second kappa shape index (κ2) is 6.31. The van der Waals surface area contributed by atoms with E-state index in [0.29, 0.717) is 12.0 Å². The fraction of sp³-hybridized carbons (Fsp3) is 0.500. The van der Waals surface area contributed by atoms with E-state index >= 15 is 0 Å². The molecule has 0 amide bonds. The second-order valence-corrected chi connectivity index (χ2v) is 4.58.